The Labute approximate surface area is 198 Å². The molecule has 0 aliphatic carbocycles. The summed E-state index contributed by atoms with van der Waals surface area (Å²) in [5, 5.41) is 15.7. The summed E-state index contributed by atoms with van der Waals surface area (Å²) in [5.74, 6) is 1.45. The molecule has 1 aromatic carbocycles. The van der Waals surface area contributed by atoms with Crippen LogP contribution in [0.1, 0.15) is 12.7 Å². The van der Waals surface area contributed by atoms with Gasteiger partial charge in [-0.05, 0) is 19.1 Å². The second-order valence-corrected chi connectivity index (χ2v) is 6.96. The third-order valence-electron chi connectivity index (χ3n) is 4.88. The minimum atomic E-state index is 0. The van der Waals surface area contributed by atoms with Crippen molar-refractivity contribution < 1.29 is 4.79 Å². The van der Waals surface area contributed by atoms with E-state index in [0.29, 0.717) is 32.1 Å². The van der Waals surface area contributed by atoms with Crippen LogP contribution in [0.5, 0.6) is 0 Å². The first-order valence-corrected chi connectivity index (χ1v) is 9.92. The highest BCUT2D eigenvalue weighted by atomic mass is 127. The fourth-order valence-corrected chi connectivity index (χ4v) is 3.42. The van der Waals surface area contributed by atoms with Crippen LogP contribution in [0, 0.1) is 0 Å². The molecule has 0 spiro atoms. The number of hydrogen-bond donors (Lipinski definition) is 1. The molecule has 1 aliphatic heterocycles. The van der Waals surface area contributed by atoms with Crippen LogP contribution in [0.4, 0.5) is 5.69 Å². The van der Waals surface area contributed by atoms with Crippen LogP contribution in [-0.4, -0.2) is 67.5 Å². The Kier molecular flexibility index (Phi) is 7.60. The van der Waals surface area contributed by atoms with Gasteiger partial charge in [-0.1, -0.05) is 18.2 Å². The number of anilines is 1. The molecule has 0 atom stereocenters. The number of rotatable bonds is 5. The average Bonchev–Trinajstić information content (AvgIpc) is 3.40. The summed E-state index contributed by atoms with van der Waals surface area (Å²) in [6.07, 6.45) is 5.25. The topological polar surface area (TPSA) is 96.5 Å². The fourth-order valence-electron chi connectivity index (χ4n) is 3.42. The molecule has 3 aromatic rings. The first kappa shape index (κ1) is 22.7. The van der Waals surface area contributed by atoms with Gasteiger partial charge >= 0.3 is 0 Å². The van der Waals surface area contributed by atoms with E-state index >= 15 is 0 Å². The normalized spacial score (nSPS) is 14.5. The van der Waals surface area contributed by atoms with Gasteiger partial charge in [0, 0.05) is 38.6 Å². The summed E-state index contributed by atoms with van der Waals surface area (Å²) < 4.78 is 3.61. The van der Waals surface area contributed by atoms with Crippen LogP contribution in [-0.2, 0) is 18.4 Å². The van der Waals surface area contributed by atoms with E-state index in [9.17, 15) is 4.79 Å². The van der Waals surface area contributed by atoms with E-state index in [2.05, 4.69) is 20.6 Å². The molecule has 1 N–H and O–H groups in total. The lowest BCUT2D eigenvalue weighted by Crippen LogP contribution is -2.55. The summed E-state index contributed by atoms with van der Waals surface area (Å²) >= 11 is 0. The van der Waals surface area contributed by atoms with E-state index in [0.717, 1.165) is 17.2 Å². The Morgan fingerprint density at radius 3 is 2.68 bits per heavy atom. The van der Waals surface area contributed by atoms with Crippen molar-refractivity contribution >= 4 is 41.5 Å². The third kappa shape index (κ3) is 5.21. The number of guanidine groups is 1. The van der Waals surface area contributed by atoms with Crippen molar-refractivity contribution in [1.29, 1.82) is 0 Å². The zero-order chi connectivity index (χ0) is 20.9. The van der Waals surface area contributed by atoms with Gasteiger partial charge in [0.05, 0.1) is 11.9 Å². The standard InChI is InChI=1S/C20H25N9O.HI/c1-3-21-20(22-12-18-25-23-15-29(18)16-7-5-4-6-8-16)27-9-10-28(19(30)14-27)17-11-24-26(2)13-17;/h4-8,11,13,15H,3,9-10,12,14H2,1-2H3,(H,21,22);1H. The van der Waals surface area contributed by atoms with Crippen LogP contribution < -0.4 is 10.2 Å². The zero-order valence-corrected chi connectivity index (χ0v) is 19.9. The molecule has 2 aromatic heterocycles. The van der Waals surface area contributed by atoms with Gasteiger partial charge in [0.15, 0.2) is 11.8 Å². The summed E-state index contributed by atoms with van der Waals surface area (Å²) in [7, 11) is 1.84. The molecule has 0 unspecified atom stereocenters. The maximum atomic E-state index is 12.7. The first-order chi connectivity index (χ1) is 14.7. The summed E-state index contributed by atoms with van der Waals surface area (Å²) in [6.45, 7) is 4.59. The number of para-hydroxylation sites is 1. The predicted octanol–water partition coefficient (Wildman–Crippen LogP) is 1.43. The third-order valence-corrected chi connectivity index (χ3v) is 4.88. The smallest absolute Gasteiger partial charge is 0.246 e. The molecule has 3 heterocycles. The number of hydrogen-bond acceptors (Lipinski definition) is 5. The first-order valence-electron chi connectivity index (χ1n) is 9.92. The van der Waals surface area contributed by atoms with Gasteiger partial charge in [0.2, 0.25) is 5.91 Å². The maximum Gasteiger partial charge on any atom is 0.246 e. The molecular weight excluding hydrogens is 509 g/mol. The van der Waals surface area contributed by atoms with E-state index in [-0.39, 0.29) is 36.4 Å². The largest absolute Gasteiger partial charge is 0.356 e. The van der Waals surface area contributed by atoms with Gasteiger partial charge in [-0.3, -0.25) is 14.0 Å². The number of aliphatic imine (C=N–C) groups is 1. The van der Waals surface area contributed by atoms with Gasteiger partial charge < -0.3 is 15.1 Å². The number of benzene rings is 1. The molecule has 164 valence electrons. The minimum Gasteiger partial charge on any atom is -0.356 e. The second-order valence-electron chi connectivity index (χ2n) is 6.96. The number of aryl methyl sites for hydroxylation is 1. The van der Waals surface area contributed by atoms with Crippen molar-refractivity contribution in [1.82, 2.24) is 34.8 Å². The number of nitrogens with one attached hydrogen (secondary N) is 1. The average molecular weight is 535 g/mol. The molecule has 31 heavy (non-hydrogen) atoms. The number of carbonyl (C=O) groups is 1. The van der Waals surface area contributed by atoms with Gasteiger partial charge in [-0.25, -0.2) is 4.99 Å². The number of piperazine rings is 1. The highest BCUT2D eigenvalue weighted by molar-refractivity contribution is 14.0. The summed E-state index contributed by atoms with van der Waals surface area (Å²) in [5.41, 5.74) is 1.80. The zero-order valence-electron chi connectivity index (χ0n) is 17.5. The van der Waals surface area contributed by atoms with Crippen molar-refractivity contribution in [3.63, 3.8) is 0 Å². The molecule has 4 rings (SSSR count). The van der Waals surface area contributed by atoms with Gasteiger partial charge in [-0.2, -0.15) is 5.10 Å². The Morgan fingerprint density at radius 2 is 2.00 bits per heavy atom. The van der Waals surface area contributed by atoms with Gasteiger partial charge in [0.1, 0.15) is 19.4 Å². The SMILES string of the molecule is CCNC(=NCc1nncn1-c1ccccc1)N1CCN(c2cnn(C)c2)C(=O)C1.I. The second kappa shape index (κ2) is 10.4. The highest BCUT2D eigenvalue weighted by Gasteiger charge is 2.27. The van der Waals surface area contributed by atoms with Gasteiger partial charge in [0.25, 0.3) is 0 Å². The quantitative estimate of drug-likeness (QED) is 0.302. The minimum absolute atomic E-state index is 0. The number of carbonyl (C=O) groups excluding carboxylic acids is 1. The lowest BCUT2D eigenvalue weighted by atomic mass is 10.3. The molecular formula is C20H26IN9O. The molecule has 10 nitrogen and oxygen atoms in total. The lowest BCUT2D eigenvalue weighted by molar-refractivity contribution is -0.120. The molecule has 0 saturated carbocycles. The Balaban J connectivity index is 0.00000272. The van der Waals surface area contributed by atoms with Crippen LogP contribution >= 0.6 is 24.0 Å². The van der Waals surface area contributed by atoms with E-state index in [4.69, 9.17) is 4.99 Å². The molecule has 0 bridgehead atoms. The fraction of sp³-hybridized carbons (Fsp3) is 0.350. The monoisotopic (exact) mass is 535 g/mol. The van der Waals surface area contributed by atoms with Crippen LogP contribution in [0.3, 0.4) is 0 Å². The van der Waals surface area contributed by atoms with Crippen molar-refractivity contribution in [3.05, 3.63) is 54.9 Å². The van der Waals surface area contributed by atoms with E-state index in [1.165, 1.54) is 0 Å². The Hall–Kier alpha value is -2.96. The molecule has 1 aliphatic rings. The number of nitrogens with zero attached hydrogens (tertiary/aromatic N) is 8. The van der Waals surface area contributed by atoms with Gasteiger partial charge in [-0.15, -0.1) is 34.2 Å². The number of halogens is 1. The Morgan fingerprint density at radius 1 is 1.19 bits per heavy atom. The van der Waals surface area contributed by atoms with Crippen LogP contribution in [0.25, 0.3) is 5.69 Å². The Bertz CT molecular complexity index is 1030. The predicted molar refractivity (Wildman–Crippen MR) is 129 cm³/mol. The molecule has 11 heteroatoms. The van der Waals surface area contributed by atoms with Crippen LogP contribution in [0.2, 0.25) is 0 Å². The summed E-state index contributed by atoms with van der Waals surface area (Å²) in [4.78, 5) is 21.2. The highest BCUT2D eigenvalue weighted by Crippen LogP contribution is 2.16. The van der Waals surface area contributed by atoms with Crippen molar-refractivity contribution in [2.45, 2.75) is 13.5 Å². The molecule has 0 radical (unpaired) electrons. The maximum absolute atomic E-state index is 12.7. The lowest BCUT2D eigenvalue weighted by Gasteiger charge is -2.35. The van der Waals surface area contributed by atoms with E-state index in [1.54, 1.807) is 22.1 Å². The summed E-state index contributed by atoms with van der Waals surface area (Å²) in [6, 6.07) is 9.91. The molecule has 1 saturated heterocycles. The number of amides is 1. The number of aromatic nitrogens is 5. The van der Waals surface area contributed by atoms with Crippen molar-refractivity contribution in [2.24, 2.45) is 12.0 Å². The molecule has 1 amide bonds. The van der Waals surface area contributed by atoms with E-state index in [1.807, 2.05) is 60.0 Å². The van der Waals surface area contributed by atoms with E-state index < -0.39 is 0 Å². The van der Waals surface area contributed by atoms with Crippen molar-refractivity contribution in [2.75, 3.05) is 31.1 Å². The molecule has 1 fully saturated rings. The van der Waals surface area contributed by atoms with Crippen LogP contribution in [0.15, 0.2) is 54.0 Å². The van der Waals surface area contributed by atoms with Crippen molar-refractivity contribution in [3.8, 4) is 5.69 Å².